The molecule has 1 aliphatic carbocycles. The summed E-state index contributed by atoms with van der Waals surface area (Å²) in [7, 11) is 0. The number of nitrogens with one attached hydrogen (secondary N) is 2. The van der Waals surface area contributed by atoms with Crippen LogP contribution in [0.25, 0.3) is 0 Å². The maximum Gasteiger partial charge on any atom is 0.267 e. The Bertz CT molecular complexity index is 858. The molecule has 1 fully saturated rings. The van der Waals surface area contributed by atoms with Gasteiger partial charge in [0.2, 0.25) is 0 Å². The monoisotopic (exact) mass is 399 g/mol. The van der Waals surface area contributed by atoms with Gasteiger partial charge in [0.1, 0.15) is 6.04 Å². The zero-order valence-corrected chi connectivity index (χ0v) is 16.3. The summed E-state index contributed by atoms with van der Waals surface area (Å²) in [5.41, 5.74) is 7.25. The predicted octanol–water partition coefficient (Wildman–Crippen LogP) is -0.771. The Morgan fingerprint density at radius 3 is 2.21 bits per heavy atom. The molecule has 2 rings (SSSR count). The van der Waals surface area contributed by atoms with Crippen molar-refractivity contribution in [1.29, 1.82) is 0 Å². The smallest absolute Gasteiger partial charge is 0.267 e. The van der Waals surface area contributed by atoms with Crippen molar-refractivity contribution in [3.8, 4) is 23.7 Å². The minimum absolute atomic E-state index is 0.00366. The van der Waals surface area contributed by atoms with Gasteiger partial charge in [0.15, 0.2) is 0 Å². The number of benzene rings is 1. The van der Waals surface area contributed by atoms with Crippen LogP contribution in [-0.2, 0) is 4.79 Å². The van der Waals surface area contributed by atoms with Crippen molar-refractivity contribution in [3.63, 3.8) is 0 Å². The van der Waals surface area contributed by atoms with Crippen LogP contribution in [-0.4, -0.2) is 52.0 Å². The fourth-order valence-corrected chi connectivity index (χ4v) is 2.95. The maximum atomic E-state index is 12.4. The van der Waals surface area contributed by atoms with E-state index in [4.69, 9.17) is 21.2 Å². The Hall–Kier alpha value is -2.88. The van der Waals surface area contributed by atoms with E-state index in [1.165, 1.54) is 5.48 Å². The van der Waals surface area contributed by atoms with Crippen molar-refractivity contribution < 1.29 is 25.0 Å². The molecular formula is C21H25N3O5. The molecule has 0 bridgehead atoms. The third-order valence-corrected chi connectivity index (χ3v) is 4.80. The quantitative estimate of drug-likeness (QED) is 0.210. The van der Waals surface area contributed by atoms with E-state index in [1.807, 2.05) is 0 Å². The van der Waals surface area contributed by atoms with Crippen LogP contribution in [0.2, 0.25) is 0 Å². The van der Waals surface area contributed by atoms with Crippen LogP contribution in [0.4, 0.5) is 0 Å². The molecule has 29 heavy (non-hydrogen) atoms. The number of aliphatic hydroxyl groups is 2. The summed E-state index contributed by atoms with van der Waals surface area (Å²) < 4.78 is 0. The van der Waals surface area contributed by atoms with Crippen molar-refractivity contribution in [2.24, 2.45) is 23.5 Å². The van der Waals surface area contributed by atoms with E-state index in [0.717, 1.165) is 0 Å². The van der Waals surface area contributed by atoms with Crippen molar-refractivity contribution in [3.05, 3.63) is 35.4 Å². The van der Waals surface area contributed by atoms with Crippen LogP contribution in [0, 0.1) is 41.4 Å². The fraction of sp³-hybridized carbons (Fsp3) is 0.429. The second-order valence-corrected chi connectivity index (χ2v) is 7.52. The molecule has 1 aromatic carbocycles. The van der Waals surface area contributed by atoms with E-state index in [-0.39, 0.29) is 31.0 Å². The summed E-state index contributed by atoms with van der Waals surface area (Å²) in [6, 6.07) is 5.26. The number of amides is 2. The molecule has 8 nitrogen and oxygen atoms in total. The first-order chi connectivity index (χ1) is 13.7. The predicted molar refractivity (Wildman–Crippen MR) is 105 cm³/mol. The summed E-state index contributed by atoms with van der Waals surface area (Å²) in [6.45, 7) is 3.12. The second kappa shape index (κ2) is 9.55. The molecule has 8 heteroatoms. The highest BCUT2D eigenvalue weighted by Gasteiger charge is 2.48. The molecule has 2 amide bonds. The van der Waals surface area contributed by atoms with Gasteiger partial charge in [-0.3, -0.25) is 14.8 Å². The van der Waals surface area contributed by atoms with Gasteiger partial charge < -0.3 is 21.3 Å². The average Bonchev–Trinajstić information content (AvgIpc) is 3.40. The molecule has 1 saturated carbocycles. The first kappa shape index (κ1) is 22.4. The van der Waals surface area contributed by atoms with Gasteiger partial charge in [-0.1, -0.05) is 11.8 Å². The SMILES string of the molecule is CC(C)(N)[C@H](NC(=O)c1ccc(C#CC#C[C@H]2[C@@H](CO)[C@H]2CO)cc1)C(=O)NO. The topological polar surface area (TPSA) is 145 Å². The highest BCUT2D eigenvalue weighted by Crippen LogP contribution is 2.44. The third kappa shape index (κ3) is 5.80. The molecule has 0 aliphatic heterocycles. The largest absolute Gasteiger partial charge is 0.396 e. The van der Waals surface area contributed by atoms with Gasteiger partial charge in [0.05, 0.1) is 0 Å². The number of aliphatic hydroxyl groups excluding tert-OH is 2. The molecule has 7 N–H and O–H groups in total. The zero-order chi connectivity index (χ0) is 21.6. The van der Waals surface area contributed by atoms with Crippen molar-refractivity contribution in [2.75, 3.05) is 13.2 Å². The fourth-order valence-electron chi connectivity index (χ4n) is 2.95. The van der Waals surface area contributed by atoms with Crippen molar-refractivity contribution in [2.45, 2.75) is 25.4 Å². The lowest BCUT2D eigenvalue weighted by Gasteiger charge is -2.29. The minimum Gasteiger partial charge on any atom is -0.396 e. The van der Waals surface area contributed by atoms with Gasteiger partial charge in [-0.25, -0.2) is 5.48 Å². The third-order valence-electron chi connectivity index (χ3n) is 4.80. The van der Waals surface area contributed by atoms with Crippen LogP contribution in [0.1, 0.15) is 29.8 Å². The Kier molecular flexibility index (Phi) is 7.38. The molecular weight excluding hydrogens is 374 g/mol. The van der Waals surface area contributed by atoms with Crippen LogP contribution < -0.4 is 16.5 Å². The lowest BCUT2D eigenvalue weighted by atomic mass is 9.95. The van der Waals surface area contributed by atoms with Crippen molar-refractivity contribution >= 4 is 11.8 Å². The van der Waals surface area contributed by atoms with E-state index in [2.05, 4.69) is 29.0 Å². The van der Waals surface area contributed by atoms with E-state index >= 15 is 0 Å². The number of rotatable bonds is 6. The number of hydrogen-bond acceptors (Lipinski definition) is 6. The molecule has 154 valence electrons. The van der Waals surface area contributed by atoms with E-state index < -0.39 is 23.4 Å². The average molecular weight is 399 g/mol. The minimum atomic E-state index is -1.12. The summed E-state index contributed by atoms with van der Waals surface area (Å²) in [5, 5.41) is 29.6. The van der Waals surface area contributed by atoms with Gasteiger partial charge in [-0.2, -0.15) is 0 Å². The van der Waals surface area contributed by atoms with E-state index in [9.17, 15) is 9.59 Å². The summed E-state index contributed by atoms with van der Waals surface area (Å²) in [6.07, 6.45) is 0. The molecule has 0 heterocycles. The van der Waals surface area contributed by atoms with Gasteiger partial charge in [-0.15, -0.1) is 0 Å². The Balaban J connectivity index is 2.00. The van der Waals surface area contributed by atoms with E-state index in [1.54, 1.807) is 38.1 Å². The Labute approximate surface area is 169 Å². The highest BCUT2D eigenvalue weighted by molar-refractivity contribution is 5.97. The second-order valence-electron chi connectivity index (χ2n) is 7.52. The van der Waals surface area contributed by atoms with Gasteiger partial charge in [0.25, 0.3) is 11.8 Å². The Morgan fingerprint density at radius 2 is 1.72 bits per heavy atom. The molecule has 0 spiro atoms. The molecule has 0 aromatic heterocycles. The summed E-state index contributed by atoms with van der Waals surface area (Å²) >= 11 is 0. The number of carbonyl (C=O) groups excluding carboxylic acids is 2. The van der Waals surface area contributed by atoms with Crippen LogP contribution in [0.5, 0.6) is 0 Å². The van der Waals surface area contributed by atoms with Gasteiger partial charge in [0, 0.05) is 47.6 Å². The molecule has 0 unspecified atom stereocenters. The Morgan fingerprint density at radius 1 is 1.14 bits per heavy atom. The van der Waals surface area contributed by atoms with Gasteiger partial charge in [-0.05, 0) is 50.0 Å². The molecule has 1 aliphatic rings. The normalized spacial score (nSPS) is 21.0. The molecule has 4 atom stereocenters. The zero-order valence-electron chi connectivity index (χ0n) is 16.3. The van der Waals surface area contributed by atoms with E-state index in [0.29, 0.717) is 11.1 Å². The number of nitrogens with two attached hydrogens (primary N) is 1. The van der Waals surface area contributed by atoms with Gasteiger partial charge >= 0.3 is 0 Å². The lowest BCUT2D eigenvalue weighted by Crippen LogP contribution is -2.61. The van der Waals surface area contributed by atoms with Crippen LogP contribution in [0.3, 0.4) is 0 Å². The summed E-state index contributed by atoms with van der Waals surface area (Å²) in [5.74, 6) is 9.91. The standard InChI is InChI=1S/C21H25N3O5/c1-21(2,22)18(20(28)24-29)23-19(27)14-9-7-13(8-10-14)5-3-4-6-15-16(11-25)17(15)12-26/h7-10,15-18,25-26,29H,11-12,22H2,1-2H3,(H,23,27)(H,24,28)/t15-,16+,17-,18-/m1/s1. The lowest BCUT2D eigenvalue weighted by molar-refractivity contribution is -0.132. The van der Waals surface area contributed by atoms with Crippen LogP contribution >= 0.6 is 0 Å². The highest BCUT2D eigenvalue weighted by atomic mass is 16.5. The molecule has 0 radical (unpaired) electrons. The number of hydroxylamine groups is 1. The number of hydrogen-bond donors (Lipinski definition) is 6. The van der Waals surface area contributed by atoms with Crippen LogP contribution in [0.15, 0.2) is 24.3 Å². The molecule has 0 saturated heterocycles. The summed E-state index contributed by atoms with van der Waals surface area (Å²) in [4.78, 5) is 24.1. The molecule has 1 aromatic rings. The maximum absolute atomic E-state index is 12.4. The number of carbonyl (C=O) groups is 2. The first-order valence-electron chi connectivity index (χ1n) is 9.10. The first-order valence-corrected chi connectivity index (χ1v) is 9.10. The van der Waals surface area contributed by atoms with Crippen molar-refractivity contribution in [1.82, 2.24) is 10.8 Å².